The van der Waals surface area contributed by atoms with Crippen LogP contribution in [0.15, 0.2) is 48.5 Å². The third kappa shape index (κ3) is 7.28. The minimum absolute atomic E-state index is 0.0402. The number of halogens is 1. The van der Waals surface area contributed by atoms with Gasteiger partial charge >= 0.3 is 0 Å². The number of carbonyl (C=O) groups is 2. The summed E-state index contributed by atoms with van der Waals surface area (Å²) in [6, 6.07) is 11.6. The van der Waals surface area contributed by atoms with Gasteiger partial charge in [-0.3, -0.25) is 13.9 Å². The molecule has 0 aliphatic carbocycles. The van der Waals surface area contributed by atoms with Crippen molar-refractivity contribution in [2.75, 3.05) is 17.1 Å². The summed E-state index contributed by atoms with van der Waals surface area (Å²) in [4.78, 5) is 27.6. The largest absolute Gasteiger partial charge is 0.352 e. The summed E-state index contributed by atoms with van der Waals surface area (Å²) < 4.78 is 39.5. The lowest BCUT2D eigenvalue weighted by molar-refractivity contribution is -0.139. The van der Waals surface area contributed by atoms with E-state index in [1.165, 1.54) is 23.1 Å². The molecule has 0 aliphatic heterocycles. The van der Waals surface area contributed by atoms with Crippen molar-refractivity contribution in [3.63, 3.8) is 0 Å². The van der Waals surface area contributed by atoms with Gasteiger partial charge < -0.3 is 10.2 Å². The lowest BCUT2D eigenvalue weighted by atomic mass is 10.1. The molecule has 180 valence electrons. The first kappa shape index (κ1) is 26.3. The molecule has 9 heteroatoms. The molecule has 0 radical (unpaired) electrons. The van der Waals surface area contributed by atoms with E-state index in [0.29, 0.717) is 0 Å². The van der Waals surface area contributed by atoms with Crippen LogP contribution in [-0.2, 0) is 26.2 Å². The van der Waals surface area contributed by atoms with E-state index < -0.39 is 34.3 Å². The van der Waals surface area contributed by atoms with Crippen molar-refractivity contribution in [3.8, 4) is 0 Å². The molecule has 2 aromatic carbocycles. The monoisotopic (exact) mass is 477 g/mol. The summed E-state index contributed by atoms with van der Waals surface area (Å²) in [5.41, 5.74) is 1.82. The minimum atomic E-state index is -3.89. The molecular formula is C24H32FN3O4S. The summed E-state index contributed by atoms with van der Waals surface area (Å²) in [6.45, 7) is 6.89. The zero-order chi connectivity index (χ0) is 24.8. The highest BCUT2D eigenvalue weighted by Crippen LogP contribution is 2.20. The van der Waals surface area contributed by atoms with Crippen LogP contribution in [0.1, 0.15) is 38.3 Å². The number of benzene rings is 2. The fourth-order valence-corrected chi connectivity index (χ4v) is 4.11. The third-order valence-electron chi connectivity index (χ3n) is 5.55. The molecule has 33 heavy (non-hydrogen) atoms. The first-order valence-electron chi connectivity index (χ1n) is 10.8. The van der Waals surface area contributed by atoms with Gasteiger partial charge in [0.15, 0.2) is 0 Å². The maximum Gasteiger partial charge on any atom is 0.244 e. The van der Waals surface area contributed by atoms with Gasteiger partial charge in [0.2, 0.25) is 21.8 Å². The lowest BCUT2D eigenvalue weighted by Gasteiger charge is -2.32. The van der Waals surface area contributed by atoms with Crippen molar-refractivity contribution < 1.29 is 22.4 Å². The molecule has 0 saturated heterocycles. The Balaban J connectivity index is 2.40. The SMILES string of the molecule is CCC(C)NC(=O)C(C)N(Cc1ccccc1C)C(=O)CN(c1cccc(F)c1)S(C)(=O)=O. The van der Waals surface area contributed by atoms with Crippen LogP contribution in [0.2, 0.25) is 0 Å². The van der Waals surface area contributed by atoms with E-state index >= 15 is 0 Å². The van der Waals surface area contributed by atoms with Gasteiger partial charge in [0.05, 0.1) is 11.9 Å². The maximum absolute atomic E-state index is 13.8. The zero-order valence-electron chi connectivity index (χ0n) is 19.7. The Morgan fingerprint density at radius 2 is 1.76 bits per heavy atom. The van der Waals surface area contributed by atoms with E-state index in [2.05, 4.69) is 5.32 Å². The normalized spacial score (nSPS) is 13.2. The summed E-state index contributed by atoms with van der Waals surface area (Å²) in [5, 5.41) is 2.87. The van der Waals surface area contributed by atoms with Crippen LogP contribution in [-0.4, -0.2) is 50.0 Å². The van der Waals surface area contributed by atoms with E-state index in [1.54, 1.807) is 6.92 Å². The number of nitrogens with zero attached hydrogens (tertiary/aromatic N) is 2. The van der Waals surface area contributed by atoms with Gasteiger partial charge in [-0.1, -0.05) is 37.3 Å². The van der Waals surface area contributed by atoms with Crippen LogP contribution in [0.5, 0.6) is 0 Å². The molecule has 2 rings (SSSR count). The molecule has 0 aliphatic rings. The molecule has 0 spiro atoms. The van der Waals surface area contributed by atoms with Gasteiger partial charge in [-0.05, 0) is 56.5 Å². The van der Waals surface area contributed by atoms with Gasteiger partial charge in [0.25, 0.3) is 0 Å². The fourth-order valence-electron chi connectivity index (χ4n) is 3.26. The second-order valence-corrected chi connectivity index (χ2v) is 10.1. The standard InChI is InChI=1S/C24H32FN3O4S/c1-6-18(3)26-24(30)19(4)27(15-20-11-8-7-10-17(20)2)23(29)16-28(33(5,31)32)22-13-9-12-21(25)14-22/h7-14,18-19H,6,15-16H2,1-5H3,(H,26,30). The first-order chi connectivity index (χ1) is 15.4. The Bertz CT molecular complexity index is 1090. The number of nitrogens with one attached hydrogen (secondary N) is 1. The molecule has 2 amide bonds. The van der Waals surface area contributed by atoms with Gasteiger partial charge in [-0.2, -0.15) is 0 Å². The Morgan fingerprint density at radius 1 is 1.09 bits per heavy atom. The molecule has 0 saturated carbocycles. The van der Waals surface area contributed by atoms with Gasteiger partial charge in [-0.25, -0.2) is 12.8 Å². The van der Waals surface area contributed by atoms with Crippen LogP contribution in [0.25, 0.3) is 0 Å². The number of rotatable bonds is 10. The van der Waals surface area contributed by atoms with Crippen LogP contribution in [0.3, 0.4) is 0 Å². The molecule has 0 heterocycles. The van der Waals surface area contributed by atoms with Crippen molar-refractivity contribution in [2.45, 2.75) is 52.7 Å². The molecule has 7 nitrogen and oxygen atoms in total. The molecule has 0 bridgehead atoms. The first-order valence-corrected chi connectivity index (χ1v) is 12.7. The van der Waals surface area contributed by atoms with Crippen molar-refractivity contribution in [1.82, 2.24) is 10.2 Å². The van der Waals surface area contributed by atoms with E-state index in [-0.39, 0.29) is 24.2 Å². The van der Waals surface area contributed by atoms with Crippen LogP contribution in [0, 0.1) is 12.7 Å². The smallest absolute Gasteiger partial charge is 0.244 e. The molecule has 2 aromatic rings. The van der Waals surface area contributed by atoms with Gasteiger partial charge in [0, 0.05) is 12.6 Å². The zero-order valence-corrected chi connectivity index (χ0v) is 20.5. The van der Waals surface area contributed by atoms with Gasteiger partial charge in [0.1, 0.15) is 18.4 Å². The van der Waals surface area contributed by atoms with E-state index in [1.807, 2.05) is 45.0 Å². The van der Waals surface area contributed by atoms with Crippen molar-refractivity contribution in [2.24, 2.45) is 0 Å². The summed E-state index contributed by atoms with van der Waals surface area (Å²) in [6.07, 6.45) is 1.68. The van der Waals surface area contributed by atoms with Crippen LogP contribution < -0.4 is 9.62 Å². The lowest BCUT2D eigenvalue weighted by Crippen LogP contribution is -2.52. The fraction of sp³-hybridized carbons (Fsp3) is 0.417. The highest BCUT2D eigenvalue weighted by molar-refractivity contribution is 7.92. The van der Waals surface area contributed by atoms with Gasteiger partial charge in [-0.15, -0.1) is 0 Å². The number of hydrogen-bond acceptors (Lipinski definition) is 4. The Kier molecular flexibility index (Phi) is 8.99. The van der Waals surface area contributed by atoms with E-state index in [9.17, 15) is 22.4 Å². The molecule has 2 unspecified atom stereocenters. The molecule has 0 fully saturated rings. The average Bonchev–Trinajstić information content (AvgIpc) is 2.75. The predicted octanol–water partition coefficient (Wildman–Crippen LogP) is 3.23. The van der Waals surface area contributed by atoms with Crippen molar-refractivity contribution in [3.05, 3.63) is 65.5 Å². The molecular weight excluding hydrogens is 445 g/mol. The number of anilines is 1. The summed E-state index contributed by atoms with van der Waals surface area (Å²) in [5.74, 6) is -1.52. The minimum Gasteiger partial charge on any atom is -0.352 e. The quantitative estimate of drug-likeness (QED) is 0.569. The molecule has 0 aromatic heterocycles. The average molecular weight is 478 g/mol. The second kappa shape index (κ2) is 11.3. The predicted molar refractivity (Wildman–Crippen MR) is 128 cm³/mol. The Hall–Kier alpha value is -2.94. The topological polar surface area (TPSA) is 86.8 Å². The Labute approximate surface area is 195 Å². The van der Waals surface area contributed by atoms with E-state index in [0.717, 1.165) is 34.2 Å². The van der Waals surface area contributed by atoms with E-state index in [4.69, 9.17) is 0 Å². The highest BCUT2D eigenvalue weighted by Gasteiger charge is 2.30. The summed E-state index contributed by atoms with van der Waals surface area (Å²) >= 11 is 0. The summed E-state index contributed by atoms with van der Waals surface area (Å²) in [7, 11) is -3.89. The number of carbonyl (C=O) groups excluding carboxylic acids is 2. The number of amides is 2. The highest BCUT2D eigenvalue weighted by atomic mass is 32.2. The number of aryl methyl sites for hydroxylation is 1. The number of sulfonamides is 1. The van der Waals surface area contributed by atoms with Crippen LogP contribution >= 0.6 is 0 Å². The maximum atomic E-state index is 13.8. The molecule has 2 atom stereocenters. The number of hydrogen-bond donors (Lipinski definition) is 1. The van der Waals surface area contributed by atoms with Crippen LogP contribution in [0.4, 0.5) is 10.1 Å². The van der Waals surface area contributed by atoms with Crippen molar-refractivity contribution >= 4 is 27.5 Å². The molecule has 1 N–H and O–H groups in total. The third-order valence-corrected chi connectivity index (χ3v) is 6.69. The Morgan fingerprint density at radius 3 is 2.33 bits per heavy atom. The van der Waals surface area contributed by atoms with Crippen molar-refractivity contribution in [1.29, 1.82) is 0 Å². The second-order valence-electron chi connectivity index (χ2n) is 8.19.